The molecule has 4 nitrogen and oxygen atoms in total. The van der Waals surface area contributed by atoms with Gasteiger partial charge in [-0.3, -0.25) is 0 Å². The van der Waals surface area contributed by atoms with Gasteiger partial charge in [0.25, 0.3) is 0 Å². The van der Waals surface area contributed by atoms with Crippen molar-refractivity contribution in [1.29, 1.82) is 0 Å². The minimum atomic E-state index is 0.517. The topological polar surface area (TPSA) is 63.8 Å². The number of anilines is 3. The number of nitrogens with one attached hydrogen (secondary N) is 1. The number of hydrogen-bond acceptors (Lipinski definition) is 4. The summed E-state index contributed by atoms with van der Waals surface area (Å²) in [7, 11) is 0. The predicted molar refractivity (Wildman–Crippen MR) is 79.9 cm³/mol. The number of aromatic nitrogens is 2. The Morgan fingerprint density at radius 3 is 2.79 bits per heavy atom. The second-order valence-electron chi connectivity index (χ2n) is 4.38. The quantitative estimate of drug-likeness (QED) is 0.893. The van der Waals surface area contributed by atoms with Gasteiger partial charge >= 0.3 is 0 Å². The Labute approximate surface area is 118 Å². The first kappa shape index (κ1) is 13.6. The Kier molecular flexibility index (Phi) is 4.22. The first-order valence-electron chi connectivity index (χ1n) is 6.25. The summed E-state index contributed by atoms with van der Waals surface area (Å²) in [5.41, 5.74) is 7.65. The van der Waals surface area contributed by atoms with E-state index in [-0.39, 0.29) is 0 Å². The van der Waals surface area contributed by atoms with Crippen molar-refractivity contribution in [2.75, 3.05) is 11.1 Å². The van der Waals surface area contributed by atoms with Crippen LogP contribution in [0.4, 0.5) is 17.3 Å². The van der Waals surface area contributed by atoms with E-state index in [1.54, 1.807) is 0 Å². The summed E-state index contributed by atoms with van der Waals surface area (Å²) in [5, 5.41) is 3.92. The third-order valence-electron chi connectivity index (χ3n) is 2.79. The highest BCUT2D eigenvalue weighted by Crippen LogP contribution is 2.23. The maximum absolute atomic E-state index is 5.97. The molecule has 0 aliphatic carbocycles. The highest BCUT2D eigenvalue weighted by atomic mass is 35.5. The molecule has 1 heterocycles. The minimum absolute atomic E-state index is 0.517. The zero-order valence-electron chi connectivity index (χ0n) is 11.1. The van der Waals surface area contributed by atoms with Crippen LogP contribution in [0.5, 0.6) is 0 Å². The van der Waals surface area contributed by atoms with Gasteiger partial charge in [-0.15, -0.1) is 0 Å². The third-order valence-corrected chi connectivity index (χ3v) is 3.03. The van der Waals surface area contributed by atoms with Gasteiger partial charge in [0.05, 0.1) is 0 Å². The summed E-state index contributed by atoms with van der Waals surface area (Å²) in [4.78, 5) is 8.79. The molecule has 0 saturated heterocycles. The molecule has 0 unspecified atom stereocenters. The van der Waals surface area contributed by atoms with Crippen molar-refractivity contribution in [3.63, 3.8) is 0 Å². The van der Waals surface area contributed by atoms with Crippen molar-refractivity contribution < 1.29 is 0 Å². The monoisotopic (exact) mass is 276 g/mol. The van der Waals surface area contributed by atoms with Gasteiger partial charge in [-0.25, -0.2) is 9.97 Å². The lowest BCUT2D eigenvalue weighted by atomic mass is 10.2. The average molecular weight is 277 g/mol. The first-order valence-corrected chi connectivity index (χ1v) is 6.63. The fraction of sp³-hybridized carbons (Fsp3) is 0.286. The molecule has 2 rings (SSSR count). The van der Waals surface area contributed by atoms with Gasteiger partial charge < -0.3 is 11.1 Å². The molecule has 0 amide bonds. The normalized spacial score (nSPS) is 10.5. The highest BCUT2D eigenvalue weighted by Gasteiger charge is 2.08. The van der Waals surface area contributed by atoms with E-state index in [0.717, 1.165) is 35.7 Å². The molecule has 0 atom stereocenters. The fourth-order valence-corrected chi connectivity index (χ4v) is 1.93. The smallest absolute Gasteiger partial charge is 0.139 e. The Balaban J connectivity index is 2.33. The second-order valence-corrected chi connectivity index (χ2v) is 4.82. The van der Waals surface area contributed by atoms with Gasteiger partial charge in [0, 0.05) is 22.7 Å². The Morgan fingerprint density at radius 1 is 1.32 bits per heavy atom. The van der Waals surface area contributed by atoms with Gasteiger partial charge in [-0.05, 0) is 31.5 Å². The Morgan fingerprint density at radius 2 is 2.11 bits per heavy atom. The lowest BCUT2D eigenvalue weighted by molar-refractivity contribution is 0.836. The van der Waals surface area contributed by atoms with Gasteiger partial charge in [-0.2, -0.15) is 0 Å². The highest BCUT2D eigenvalue weighted by molar-refractivity contribution is 6.30. The average Bonchev–Trinajstić information content (AvgIpc) is 2.36. The molecular formula is C14H17ClN4. The molecule has 0 aliphatic rings. The molecule has 0 fully saturated rings. The van der Waals surface area contributed by atoms with Crippen molar-refractivity contribution in [1.82, 2.24) is 9.97 Å². The summed E-state index contributed by atoms with van der Waals surface area (Å²) in [5.74, 6) is 2.01. The second kappa shape index (κ2) is 5.89. The Hall–Kier alpha value is -1.81. The van der Waals surface area contributed by atoms with E-state index in [4.69, 9.17) is 17.3 Å². The van der Waals surface area contributed by atoms with Crippen LogP contribution in [-0.4, -0.2) is 9.97 Å². The molecule has 1 aromatic carbocycles. The summed E-state index contributed by atoms with van der Waals surface area (Å²) in [6.45, 7) is 3.99. The molecule has 0 radical (unpaired) electrons. The van der Waals surface area contributed by atoms with E-state index in [2.05, 4.69) is 22.2 Å². The maximum atomic E-state index is 5.97. The summed E-state index contributed by atoms with van der Waals surface area (Å²) >= 11 is 5.97. The predicted octanol–water partition coefficient (Wildman–Crippen LogP) is 3.72. The van der Waals surface area contributed by atoms with E-state index in [1.165, 1.54) is 0 Å². The number of rotatable bonds is 4. The standard InChI is InChI=1S/C14H17ClN4/c1-3-5-12-18-13(16)9(2)14(19-12)17-11-7-4-6-10(15)8-11/h4,6-8H,3,5H2,1-2H3,(H3,16,17,18,19). The molecule has 0 aliphatic heterocycles. The largest absolute Gasteiger partial charge is 0.383 e. The van der Waals surface area contributed by atoms with Crippen molar-refractivity contribution in [2.24, 2.45) is 0 Å². The van der Waals surface area contributed by atoms with E-state index >= 15 is 0 Å². The lowest BCUT2D eigenvalue weighted by Gasteiger charge is -2.12. The van der Waals surface area contributed by atoms with Crippen LogP contribution in [0.15, 0.2) is 24.3 Å². The van der Waals surface area contributed by atoms with Crippen LogP contribution >= 0.6 is 11.6 Å². The van der Waals surface area contributed by atoms with E-state index in [0.29, 0.717) is 10.8 Å². The van der Waals surface area contributed by atoms with Crippen LogP contribution in [0.3, 0.4) is 0 Å². The molecule has 0 bridgehead atoms. The zero-order valence-corrected chi connectivity index (χ0v) is 11.8. The number of halogens is 1. The molecule has 0 saturated carbocycles. The van der Waals surface area contributed by atoms with Crippen molar-refractivity contribution in [3.8, 4) is 0 Å². The molecule has 1 aromatic heterocycles. The van der Waals surface area contributed by atoms with Crippen molar-refractivity contribution in [3.05, 3.63) is 40.7 Å². The SMILES string of the molecule is CCCc1nc(N)c(C)c(Nc2cccc(Cl)c2)n1. The maximum Gasteiger partial charge on any atom is 0.139 e. The third kappa shape index (κ3) is 3.35. The zero-order chi connectivity index (χ0) is 13.8. The van der Waals surface area contributed by atoms with E-state index in [9.17, 15) is 0 Å². The first-order chi connectivity index (χ1) is 9.10. The minimum Gasteiger partial charge on any atom is -0.383 e. The number of nitrogen functional groups attached to an aromatic ring is 1. The van der Waals surface area contributed by atoms with E-state index < -0.39 is 0 Å². The molecule has 0 spiro atoms. The van der Waals surface area contributed by atoms with Crippen LogP contribution in [0.1, 0.15) is 24.7 Å². The van der Waals surface area contributed by atoms with Crippen LogP contribution in [-0.2, 0) is 6.42 Å². The molecule has 3 N–H and O–H groups in total. The number of benzene rings is 1. The summed E-state index contributed by atoms with van der Waals surface area (Å²) in [6, 6.07) is 7.50. The number of hydrogen-bond donors (Lipinski definition) is 2. The van der Waals surface area contributed by atoms with Crippen molar-refractivity contribution >= 4 is 28.9 Å². The molecular weight excluding hydrogens is 260 g/mol. The van der Waals surface area contributed by atoms with Crippen LogP contribution in [0.2, 0.25) is 5.02 Å². The van der Waals surface area contributed by atoms with Gasteiger partial charge in [0.2, 0.25) is 0 Å². The molecule has 19 heavy (non-hydrogen) atoms. The van der Waals surface area contributed by atoms with Crippen LogP contribution in [0, 0.1) is 6.92 Å². The molecule has 2 aromatic rings. The number of aryl methyl sites for hydroxylation is 1. The van der Waals surface area contributed by atoms with E-state index in [1.807, 2.05) is 31.2 Å². The van der Waals surface area contributed by atoms with Gasteiger partial charge in [0.1, 0.15) is 17.5 Å². The lowest BCUT2D eigenvalue weighted by Crippen LogP contribution is -2.07. The van der Waals surface area contributed by atoms with Gasteiger partial charge in [-0.1, -0.05) is 24.6 Å². The fourth-order valence-electron chi connectivity index (χ4n) is 1.74. The summed E-state index contributed by atoms with van der Waals surface area (Å²) < 4.78 is 0. The van der Waals surface area contributed by atoms with Crippen LogP contribution in [0.25, 0.3) is 0 Å². The molecule has 5 heteroatoms. The van der Waals surface area contributed by atoms with Crippen LogP contribution < -0.4 is 11.1 Å². The molecule has 100 valence electrons. The van der Waals surface area contributed by atoms with Gasteiger partial charge in [0.15, 0.2) is 0 Å². The number of nitrogens with two attached hydrogens (primary N) is 1. The number of nitrogens with zero attached hydrogens (tertiary/aromatic N) is 2. The van der Waals surface area contributed by atoms with Crippen molar-refractivity contribution in [2.45, 2.75) is 26.7 Å². The Bertz CT molecular complexity index is 584. The summed E-state index contributed by atoms with van der Waals surface area (Å²) in [6.07, 6.45) is 1.80.